The van der Waals surface area contributed by atoms with Crippen LogP contribution < -0.4 is 5.32 Å². The fourth-order valence-electron chi connectivity index (χ4n) is 6.12. The fraction of sp³-hybridized carbons (Fsp3) is 0.486. The molecule has 1 aromatic carbocycles. The quantitative estimate of drug-likeness (QED) is 0.227. The van der Waals surface area contributed by atoms with Crippen molar-refractivity contribution in [1.82, 2.24) is 5.32 Å². The number of carbonyl (C=O) groups is 4. The third kappa shape index (κ3) is 7.69. The number of Topliss-reactive ketones (excluding diaryl/α,β-unsaturated/α-hetero) is 2. The number of aliphatic hydroxyl groups is 6. The van der Waals surface area contributed by atoms with E-state index < -0.39 is 107 Å². The molecule has 0 radical (unpaired) electrons. The molecule has 0 saturated heterocycles. The van der Waals surface area contributed by atoms with E-state index in [9.17, 15) is 54.9 Å². The molecule has 9 atom stereocenters. The predicted octanol–water partition coefficient (Wildman–Crippen LogP) is 1.29. The number of hydrogen-bond acceptors (Lipinski definition) is 11. The van der Waals surface area contributed by atoms with Crippen LogP contribution in [0.5, 0.6) is 5.75 Å². The lowest BCUT2D eigenvalue weighted by Crippen LogP contribution is -2.46. The van der Waals surface area contributed by atoms with Gasteiger partial charge >= 0.3 is 0 Å². The molecule has 12 heteroatoms. The number of aromatic hydroxyl groups is 1. The Bertz CT molecular complexity index is 1540. The van der Waals surface area contributed by atoms with Crippen LogP contribution in [-0.4, -0.2) is 96.6 Å². The zero-order valence-electron chi connectivity index (χ0n) is 27.3. The first-order chi connectivity index (χ1) is 22.0. The van der Waals surface area contributed by atoms with Gasteiger partial charge in [0.15, 0.2) is 11.6 Å². The topological polar surface area (TPSA) is 222 Å². The predicted molar refractivity (Wildman–Crippen MR) is 171 cm³/mol. The molecule has 1 aromatic rings. The van der Waals surface area contributed by atoms with E-state index in [1.807, 2.05) is 0 Å². The van der Waals surface area contributed by atoms with Crippen LogP contribution in [0.25, 0.3) is 0 Å². The molecule has 3 aliphatic rings. The lowest BCUT2D eigenvalue weighted by molar-refractivity contribution is -0.117. The van der Waals surface area contributed by atoms with Gasteiger partial charge in [0.1, 0.15) is 5.75 Å². The summed E-state index contributed by atoms with van der Waals surface area (Å²) >= 11 is 0. The molecule has 4 bridgehead atoms. The standard InChI is InChI=1S/C35H45NO11/c1-15-8-7-9-21(13-37)35(47)36-24-12-25(39)26-23(34(24)46)11-17(3)30(42)27(26)29(41)16(2)10-22(14-38)33(45)20(6)32(44)19(5)31(43)18(4)28(15)40/h7-12,15,18-20,22,28,31-33,37-38,40,42-45H,13-14H2,1-6H3,(H,36,47)/b8-7+,16-10+,21-9-/t15-,18+,19+,20-,22?,28-,31+,32+,33+/m0/s1. The highest BCUT2D eigenvalue weighted by atomic mass is 16.3. The van der Waals surface area contributed by atoms with Gasteiger partial charge in [0, 0.05) is 52.4 Å². The number of aryl methyl sites for hydroxylation is 1. The molecule has 2 aliphatic heterocycles. The summed E-state index contributed by atoms with van der Waals surface area (Å²) in [6.07, 6.45) is 1.22. The second-order valence-corrected chi connectivity index (χ2v) is 12.7. The Morgan fingerprint density at radius 2 is 1.36 bits per heavy atom. The first kappa shape index (κ1) is 37.7. The van der Waals surface area contributed by atoms with E-state index in [4.69, 9.17) is 0 Å². The first-order valence-electron chi connectivity index (χ1n) is 15.5. The monoisotopic (exact) mass is 655 g/mol. The normalized spacial score (nSPS) is 34.6. The van der Waals surface area contributed by atoms with Gasteiger partial charge in [0.2, 0.25) is 5.78 Å². The molecule has 12 nitrogen and oxygen atoms in total. The van der Waals surface area contributed by atoms with Gasteiger partial charge in [-0.25, -0.2) is 0 Å². The minimum absolute atomic E-state index is 0.0846. The van der Waals surface area contributed by atoms with Gasteiger partial charge in [0.25, 0.3) is 5.91 Å². The van der Waals surface area contributed by atoms with E-state index in [0.29, 0.717) is 0 Å². The van der Waals surface area contributed by atoms with Gasteiger partial charge < -0.3 is 41.1 Å². The van der Waals surface area contributed by atoms with Crippen LogP contribution in [0, 0.1) is 36.5 Å². The molecular weight excluding hydrogens is 610 g/mol. The number of aliphatic hydroxyl groups excluding tert-OH is 6. The highest BCUT2D eigenvalue weighted by molar-refractivity contribution is 6.30. The zero-order valence-corrected chi connectivity index (χ0v) is 27.3. The highest BCUT2D eigenvalue weighted by Gasteiger charge is 2.39. The van der Waals surface area contributed by atoms with E-state index in [2.05, 4.69) is 5.32 Å². The number of amides is 1. The molecule has 1 unspecified atom stereocenters. The molecule has 4 rings (SSSR count). The van der Waals surface area contributed by atoms with E-state index in [1.165, 1.54) is 45.1 Å². The van der Waals surface area contributed by atoms with E-state index in [-0.39, 0.29) is 27.8 Å². The summed E-state index contributed by atoms with van der Waals surface area (Å²) in [5.41, 5.74) is -1.68. The van der Waals surface area contributed by atoms with Crippen LogP contribution in [0.1, 0.15) is 71.3 Å². The molecule has 1 aliphatic carbocycles. The number of rotatable bonds is 2. The van der Waals surface area contributed by atoms with Crippen LogP contribution in [-0.2, 0) is 4.79 Å². The van der Waals surface area contributed by atoms with E-state index >= 15 is 0 Å². The van der Waals surface area contributed by atoms with Crippen molar-refractivity contribution in [3.63, 3.8) is 0 Å². The molecule has 8 N–H and O–H groups in total. The van der Waals surface area contributed by atoms with Crippen LogP contribution in [0.2, 0.25) is 0 Å². The van der Waals surface area contributed by atoms with Crippen molar-refractivity contribution in [3.8, 4) is 5.75 Å². The van der Waals surface area contributed by atoms with Gasteiger partial charge in [-0.15, -0.1) is 0 Å². The van der Waals surface area contributed by atoms with Crippen molar-refractivity contribution in [2.45, 2.75) is 66.0 Å². The fourth-order valence-corrected chi connectivity index (χ4v) is 6.12. The van der Waals surface area contributed by atoms with Gasteiger partial charge in [0.05, 0.1) is 48.9 Å². The van der Waals surface area contributed by atoms with Crippen molar-refractivity contribution in [2.75, 3.05) is 13.2 Å². The summed E-state index contributed by atoms with van der Waals surface area (Å²) in [5, 5.41) is 77.6. The number of nitrogens with one attached hydrogen (secondary N) is 1. The summed E-state index contributed by atoms with van der Waals surface area (Å²) in [7, 11) is 0. The number of hydrogen-bond donors (Lipinski definition) is 8. The third-order valence-electron chi connectivity index (χ3n) is 9.39. The smallest absolute Gasteiger partial charge is 0.254 e. The number of phenols is 1. The highest BCUT2D eigenvalue weighted by Crippen LogP contribution is 2.35. The Labute approximate surface area is 273 Å². The van der Waals surface area contributed by atoms with Crippen LogP contribution in [0.3, 0.4) is 0 Å². The average Bonchev–Trinajstić information content (AvgIpc) is 3.05. The number of fused-ring (bicyclic) bond motifs is 15. The maximum absolute atomic E-state index is 13.8. The second-order valence-electron chi connectivity index (χ2n) is 12.7. The minimum atomic E-state index is -1.42. The van der Waals surface area contributed by atoms with Crippen LogP contribution >= 0.6 is 0 Å². The largest absolute Gasteiger partial charge is 0.507 e. The second kappa shape index (κ2) is 15.4. The molecule has 2 heterocycles. The number of allylic oxidation sites excluding steroid dienone is 5. The lowest BCUT2D eigenvalue weighted by atomic mass is 9.76. The molecule has 47 heavy (non-hydrogen) atoms. The summed E-state index contributed by atoms with van der Waals surface area (Å²) in [6.45, 7) is 7.70. The number of benzene rings is 1. The number of ketones is 3. The number of carbonyl (C=O) groups excluding carboxylic acids is 4. The van der Waals surface area contributed by atoms with Crippen molar-refractivity contribution >= 4 is 23.3 Å². The number of phenolic OH excluding ortho intramolecular Hbond substituents is 1. The molecule has 0 spiro atoms. The van der Waals surface area contributed by atoms with E-state index in [1.54, 1.807) is 26.8 Å². The molecule has 0 saturated carbocycles. The SMILES string of the molecule is C/C1=C\C(CO)[C@H](O)[C@@H](C)[C@H](O)[C@H](C)[C@H](O)[C@H](C)[C@@H](O)[C@@H](C)/C=C/C=C(/CO)C(=O)NC2=CC(=O)c3c(cc(C)c(O)c3C1=O)C2=O. The molecule has 0 aromatic heterocycles. The summed E-state index contributed by atoms with van der Waals surface area (Å²) in [4.78, 5) is 53.6. The summed E-state index contributed by atoms with van der Waals surface area (Å²) in [5.74, 6) is -8.19. The van der Waals surface area contributed by atoms with Gasteiger partial charge in [-0.2, -0.15) is 0 Å². The Hall–Kier alpha value is -3.78. The lowest BCUT2D eigenvalue weighted by Gasteiger charge is -2.37. The zero-order chi connectivity index (χ0) is 35.5. The van der Waals surface area contributed by atoms with Gasteiger partial charge in [-0.1, -0.05) is 52.0 Å². The average molecular weight is 656 g/mol. The first-order valence-corrected chi connectivity index (χ1v) is 15.5. The van der Waals surface area contributed by atoms with E-state index in [0.717, 1.165) is 6.08 Å². The Kier molecular flexibility index (Phi) is 12.4. The molecular formula is C35H45NO11. The molecule has 256 valence electrons. The van der Waals surface area contributed by atoms with Crippen molar-refractivity contribution in [1.29, 1.82) is 0 Å². The van der Waals surface area contributed by atoms with Crippen molar-refractivity contribution in [2.24, 2.45) is 29.6 Å². The Morgan fingerprint density at radius 3 is 1.94 bits per heavy atom. The van der Waals surface area contributed by atoms with Crippen LogP contribution in [0.15, 0.2) is 53.3 Å². The summed E-state index contributed by atoms with van der Waals surface area (Å²) in [6, 6.07) is 1.22. The van der Waals surface area contributed by atoms with Gasteiger partial charge in [-0.05, 0) is 31.1 Å². The molecule has 0 fully saturated rings. The maximum Gasteiger partial charge on any atom is 0.254 e. The maximum atomic E-state index is 13.8. The van der Waals surface area contributed by atoms with Crippen LogP contribution in [0.4, 0.5) is 0 Å². The third-order valence-corrected chi connectivity index (χ3v) is 9.39. The van der Waals surface area contributed by atoms with Gasteiger partial charge in [-0.3, -0.25) is 19.2 Å². The van der Waals surface area contributed by atoms with Crippen molar-refractivity contribution < 1.29 is 54.9 Å². The minimum Gasteiger partial charge on any atom is -0.507 e. The Balaban J connectivity index is 2.21. The van der Waals surface area contributed by atoms with Crippen molar-refractivity contribution in [3.05, 3.63) is 75.5 Å². The summed E-state index contributed by atoms with van der Waals surface area (Å²) < 4.78 is 0. The Morgan fingerprint density at radius 1 is 0.787 bits per heavy atom. The molecule has 1 amide bonds.